The molecule has 0 aliphatic carbocycles. The lowest BCUT2D eigenvalue weighted by Gasteiger charge is -2.36. The van der Waals surface area contributed by atoms with Gasteiger partial charge in [0.15, 0.2) is 0 Å². The predicted molar refractivity (Wildman–Crippen MR) is 94.7 cm³/mol. The van der Waals surface area contributed by atoms with Crippen LogP contribution in [-0.4, -0.2) is 51.9 Å². The maximum atomic E-state index is 12.2. The third-order valence-electron chi connectivity index (χ3n) is 3.93. The third kappa shape index (κ3) is 3.95. The van der Waals surface area contributed by atoms with Crippen molar-refractivity contribution >= 4 is 33.0 Å². The first-order valence-corrected chi connectivity index (χ1v) is 10.0. The molecular weight excluding hydrogens is 346 g/mol. The molecule has 2 aromatic rings. The summed E-state index contributed by atoms with van der Waals surface area (Å²) >= 11 is 1.13. The lowest BCUT2D eigenvalue weighted by Crippen LogP contribution is -2.51. The normalized spacial score (nSPS) is 15.5. The molecule has 1 saturated heterocycles. The molecule has 24 heavy (non-hydrogen) atoms. The Labute approximate surface area is 145 Å². The van der Waals surface area contributed by atoms with E-state index in [-0.39, 0.29) is 16.7 Å². The second-order valence-electron chi connectivity index (χ2n) is 5.46. The van der Waals surface area contributed by atoms with Crippen LogP contribution < -0.4 is 9.62 Å². The number of carbonyl (C=O) groups is 1. The summed E-state index contributed by atoms with van der Waals surface area (Å²) in [5, 5.41) is 1.69. The summed E-state index contributed by atoms with van der Waals surface area (Å²) in [5.74, 6) is -0.192. The molecule has 8 heteroatoms. The number of hydrogen-bond acceptors (Lipinski definition) is 5. The van der Waals surface area contributed by atoms with E-state index in [1.54, 1.807) is 16.3 Å². The molecule has 0 spiro atoms. The van der Waals surface area contributed by atoms with Crippen LogP contribution in [0.5, 0.6) is 0 Å². The van der Waals surface area contributed by atoms with Crippen LogP contribution in [0, 0.1) is 0 Å². The number of para-hydroxylation sites is 1. The van der Waals surface area contributed by atoms with Crippen LogP contribution in [0.1, 0.15) is 0 Å². The summed E-state index contributed by atoms with van der Waals surface area (Å²) in [7, 11) is -3.59. The average Bonchev–Trinajstić information content (AvgIpc) is 3.16. The SMILES string of the molecule is O=C(CNS(=O)(=O)c1cccs1)N1CCN(c2ccccc2)CC1. The number of rotatable bonds is 5. The van der Waals surface area contributed by atoms with E-state index in [2.05, 4.69) is 9.62 Å². The molecule has 2 heterocycles. The number of nitrogens with zero attached hydrogens (tertiary/aromatic N) is 2. The van der Waals surface area contributed by atoms with E-state index < -0.39 is 10.0 Å². The van der Waals surface area contributed by atoms with Crippen LogP contribution in [0.4, 0.5) is 5.69 Å². The summed E-state index contributed by atoms with van der Waals surface area (Å²) in [5.41, 5.74) is 1.14. The van der Waals surface area contributed by atoms with Gasteiger partial charge in [-0.1, -0.05) is 24.3 Å². The minimum absolute atomic E-state index is 0.192. The Morgan fingerprint density at radius 2 is 1.75 bits per heavy atom. The van der Waals surface area contributed by atoms with Gasteiger partial charge in [-0.25, -0.2) is 13.1 Å². The summed E-state index contributed by atoms with van der Waals surface area (Å²) in [4.78, 5) is 16.2. The largest absolute Gasteiger partial charge is 0.368 e. The molecule has 0 saturated carbocycles. The molecule has 1 fully saturated rings. The maximum absolute atomic E-state index is 12.2. The van der Waals surface area contributed by atoms with E-state index in [0.29, 0.717) is 13.1 Å². The number of nitrogens with one attached hydrogen (secondary N) is 1. The second-order valence-corrected chi connectivity index (χ2v) is 8.40. The zero-order valence-corrected chi connectivity index (χ0v) is 14.7. The highest BCUT2D eigenvalue weighted by Gasteiger charge is 2.23. The highest BCUT2D eigenvalue weighted by atomic mass is 32.2. The van der Waals surface area contributed by atoms with Crippen LogP contribution in [0.2, 0.25) is 0 Å². The Hall–Kier alpha value is -1.90. The van der Waals surface area contributed by atoms with Crippen molar-refractivity contribution in [2.24, 2.45) is 0 Å². The van der Waals surface area contributed by atoms with E-state index in [1.807, 2.05) is 30.3 Å². The van der Waals surface area contributed by atoms with E-state index >= 15 is 0 Å². The van der Waals surface area contributed by atoms with Crippen molar-refractivity contribution in [3.63, 3.8) is 0 Å². The molecular formula is C16H19N3O3S2. The Morgan fingerprint density at radius 1 is 1.04 bits per heavy atom. The summed E-state index contributed by atoms with van der Waals surface area (Å²) < 4.78 is 26.7. The Bertz CT molecular complexity index is 768. The Kier molecular flexibility index (Phi) is 5.17. The smallest absolute Gasteiger partial charge is 0.250 e. The van der Waals surface area contributed by atoms with Crippen LogP contribution in [0.3, 0.4) is 0 Å². The minimum Gasteiger partial charge on any atom is -0.368 e. The topological polar surface area (TPSA) is 69.7 Å². The fraction of sp³-hybridized carbons (Fsp3) is 0.312. The maximum Gasteiger partial charge on any atom is 0.250 e. The Balaban J connectivity index is 1.51. The Morgan fingerprint density at radius 3 is 2.38 bits per heavy atom. The lowest BCUT2D eigenvalue weighted by molar-refractivity contribution is -0.130. The number of amides is 1. The van der Waals surface area contributed by atoms with Crippen molar-refractivity contribution in [2.75, 3.05) is 37.6 Å². The van der Waals surface area contributed by atoms with E-state index in [4.69, 9.17) is 0 Å². The van der Waals surface area contributed by atoms with Crippen LogP contribution in [0.15, 0.2) is 52.1 Å². The van der Waals surface area contributed by atoms with Crippen molar-refractivity contribution in [1.82, 2.24) is 9.62 Å². The van der Waals surface area contributed by atoms with Gasteiger partial charge in [-0.15, -0.1) is 11.3 Å². The molecule has 0 atom stereocenters. The summed E-state index contributed by atoms with van der Waals surface area (Å²) in [6.07, 6.45) is 0. The predicted octanol–water partition coefficient (Wildman–Crippen LogP) is 1.38. The number of carbonyl (C=O) groups excluding carboxylic acids is 1. The molecule has 0 radical (unpaired) electrons. The van der Waals surface area contributed by atoms with Gasteiger partial charge in [0.05, 0.1) is 6.54 Å². The highest BCUT2D eigenvalue weighted by Crippen LogP contribution is 2.16. The number of hydrogen-bond donors (Lipinski definition) is 1. The molecule has 0 bridgehead atoms. The lowest BCUT2D eigenvalue weighted by atomic mass is 10.2. The molecule has 1 N–H and O–H groups in total. The monoisotopic (exact) mass is 365 g/mol. The molecule has 1 aromatic heterocycles. The zero-order valence-electron chi connectivity index (χ0n) is 13.1. The molecule has 128 valence electrons. The van der Waals surface area contributed by atoms with Crippen molar-refractivity contribution in [2.45, 2.75) is 4.21 Å². The van der Waals surface area contributed by atoms with Crippen LogP contribution in [-0.2, 0) is 14.8 Å². The quantitative estimate of drug-likeness (QED) is 0.869. The van der Waals surface area contributed by atoms with Gasteiger partial charge in [-0.05, 0) is 23.6 Å². The van der Waals surface area contributed by atoms with Gasteiger partial charge in [0.2, 0.25) is 5.91 Å². The van der Waals surface area contributed by atoms with E-state index in [1.165, 1.54) is 6.07 Å². The van der Waals surface area contributed by atoms with Gasteiger partial charge >= 0.3 is 0 Å². The fourth-order valence-electron chi connectivity index (χ4n) is 2.61. The number of thiophene rings is 1. The van der Waals surface area contributed by atoms with Crippen LogP contribution in [0.25, 0.3) is 0 Å². The molecule has 0 unspecified atom stereocenters. The van der Waals surface area contributed by atoms with Gasteiger partial charge in [-0.3, -0.25) is 4.79 Å². The fourth-order valence-corrected chi connectivity index (χ4v) is 4.62. The molecule has 1 aromatic carbocycles. The third-order valence-corrected chi connectivity index (χ3v) is 6.73. The van der Waals surface area contributed by atoms with Gasteiger partial charge in [0, 0.05) is 31.9 Å². The summed E-state index contributed by atoms with van der Waals surface area (Å²) in [6.45, 7) is 2.47. The minimum atomic E-state index is -3.59. The number of anilines is 1. The van der Waals surface area contributed by atoms with Gasteiger partial charge in [0.25, 0.3) is 10.0 Å². The number of benzene rings is 1. The van der Waals surface area contributed by atoms with E-state index in [0.717, 1.165) is 30.1 Å². The summed E-state index contributed by atoms with van der Waals surface area (Å²) in [6, 6.07) is 13.3. The highest BCUT2D eigenvalue weighted by molar-refractivity contribution is 7.91. The van der Waals surface area contributed by atoms with Crippen molar-refractivity contribution in [3.8, 4) is 0 Å². The average molecular weight is 365 g/mol. The first-order valence-electron chi connectivity index (χ1n) is 7.67. The standard InChI is InChI=1S/C16H19N3O3S2/c20-15(13-17-24(21,22)16-7-4-12-23-16)19-10-8-18(9-11-19)14-5-2-1-3-6-14/h1-7,12,17H,8-11,13H2. The first kappa shape index (κ1) is 16.9. The van der Waals surface area contributed by atoms with Gasteiger partial charge < -0.3 is 9.80 Å². The number of sulfonamides is 1. The first-order chi connectivity index (χ1) is 11.6. The zero-order chi connectivity index (χ0) is 17.0. The number of piperazine rings is 1. The molecule has 6 nitrogen and oxygen atoms in total. The van der Waals surface area contributed by atoms with Crippen LogP contribution >= 0.6 is 11.3 Å². The molecule has 1 aliphatic heterocycles. The van der Waals surface area contributed by atoms with Crippen molar-refractivity contribution in [1.29, 1.82) is 0 Å². The molecule has 1 amide bonds. The van der Waals surface area contributed by atoms with E-state index in [9.17, 15) is 13.2 Å². The van der Waals surface area contributed by atoms with Crippen molar-refractivity contribution in [3.05, 3.63) is 47.8 Å². The molecule has 3 rings (SSSR count). The van der Waals surface area contributed by atoms with Crippen molar-refractivity contribution < 1.29 is 13.2 Å². The molecule has 1 aliphatic rings. The van der Waals surface area contributed by atoms with Gasteiger partial charge in [-0.2, -0.15) is 0 Å². The second kappa shape index (κ2) is 7.33. The van der Waals surface area contributed by atoms with Gasteiger partial charge in [0.1, 0.15) is 4.21 Å².